The van der Waals surface area contributed by atoms with E-state index in [9.17, 15) is 4.79 Å². The largest absolute Gasteiger partial charge is 0.446 e. The smallest absolute Gasteiger partial charge is 0.411 e. The summed E-state index contributed by atoms with van der Waals surface area (Å²) in [7, 11) is 0. The number of para-hydroxylation sites is 1. The molecule has 0 unspecified atom stereocenters. The van der Waals surface area contributed by atoms with Crippen LogP contribution in [0.25, 0.3) is 0 Å². The fourth-order valence-corrected chi connectivity index (χ4v) is 2.42. The van der Waals surface area contributed by atoms with E-state index in [0.717, 1.165) is 35.8 Å². The molecule has 0 aromatic heterocycles. The van der Waals surface area contributed by atoms with E-state index in [-0.39, 0.29) is 12.2 Å². The number of anilines is 1. The molecule has 0 bridgehead atoms. The fraction of sp³-hybridized carbons (Fsp3) is 0.462. The van der Waals surface area contributed by atoms with Crippen molar-refractivity contribution in [3.63, 3.8) is 0 Å². The maximum Gasteiger partial charge on any atom is 0.411 e. The lowest BCUT2D eigenvalue weighted by molar-refractivity contribution is 0.0865. The van der Waals surface area contributed by atoms with E-state index in [1.165, 1.54) is 6.42 Å². The highest BCUT2D eigenvalue weighted by Gasteiger charge is 2.17. The first-order chi connectivity index (χ1) is 8.25. The Kier molecular flexibility index (Phi) is 4.42. The van der Waals surface area contributed by atoms with Crippen molar-refractivity contribution in [1.29, 1.82) is 0 Å². The number of carbonyl (C=O) groups is 1. The Balaban J connectivity index is 1.86. The average Bonchev–Trinajstić information content (AvgIpc) is 2.33. The summed E-state index contributed by atoms with van der Waals surface area (Å²) in [5.41, 5.74) is 0.744. The standard InChI is InChI=1S/C13H16BrNO2/c14-11-8-4-5-9-12(11)15-13(16)17-10-6-2-1-3-7-10/h4-5,8-10H,1-3,6-7H2,(H,15,16). The molecule has 4 heteroatoms. The van der Waals surface area contributed by atoms with Gasteiger partial charge in [0.25, 0.3) is 0 Å². The van der Waals surface area contributed by atoms with Gasteiger partial charge >= 0.3 is 6.09 Å². The van der Waals surface area contributed by atoms with Crippen LogP contribution >= 0.6 is 15.9 Å². The molecule has 1 aromatic carbocycles. The van der Waals surface area contributed by atoms with Crippen LogP contribution in [0.1, 0.15) is 32.1 Å². The van der Waals surface area contributed by atoms with E-state index in [4.69, 9.17) is 4.74 Å². The number of rotatable bonds is 2. The Morgan fingerprint density at radius 2 is 1.94 bits per heavy atom. The topological polar surface area (TPSA) is 38.3 Å². The van der Waals surface area contributed by atoms with Crippen molar-refractivity contribution >= 4 is 27.7 Å². The van der Waals surface area contributed by atoms with Crippen LogP contribution in [-0.4, -0.2) is 12.2 Å². The van der Waals surface area contributed by atoms with Crippen molar-refractivity contribution in [2.75, 3.05) is 5.32 Å². The first kappa shape index (κ1) is 12.4. The van der Waals surface area contributed by atoms with Crippen LogP contribution < -0.4 is 5.32 Å². The van der Waals surface area contributed by atoms with Crippen LogP contribution in [0.4, 0.5) is 10.5 Å². The zero-order valence-corrected chi connectivity index (χ0v) is 11.2. The van der Waals surface area contributed by atoms with Crippen molar-refractivity contribution in [3.8, 4) is 0 Å². The van der Waals surface area contributed by atoms with Crippen molar-refractivity contribution in [2.24, 2.45) is 0 Å². The zero-order valence-electron chi connectivity index (χ0n) is 9.62. The molecule has 2 rings (SSSR count). The number of nitrogens with one attached hydrogen (secondary N) is 1. The van der Waals surface area contributed by atoms with Gasteiger partial charge in [0, 0.05) is 4.47 Å². The monoisotopic (exact) mass is 297 g/mol. The highest BCUT2D eigenvalue weighted by atomic mass is 79.9. The second-order valence-corrected chi connectivity index (χ2v) is 5.12. The zero-order chi connectivity index (χ0) is 12.1. The molecular weight excluding hydrogens is 282 g/mol. The number of ether oxygens (including phenoxy) is 1. The number of hydrogen-bond donors (Lipinski definition) is 1. The normalized spacial score (nSPS) is 16.5. The van der Waals surface area contributed by atoms with E-state index >= 15 is 0 Å². The van der Waals surface area contributed by atoms with E-state index in [0.29, 0.717) is 0 Å². The summed E-state index contributed by atoms with van der Waals surface area (Å²) in [5, 5.41) is 2.75. The second kappa shape index (κ2) is 6.05. The summed E-state index contributed by atoms with van der Waals surface area (Å²) in [6.07, 6.45) is 5.29. The molecule has 3 nitrogen and oxygen atoms in total. The van der Waals surface area contributed by atoms with Crippen molar-refractivity contribution < 1.29 is 9.53 Å². The molecule has 1 saturated carbocycles. The van der Waals surface area contributed by atoms with Gasteiger partial charge in [-0.1, -0.05) is 18.6 Å². The van der Waals surface area contributed by atoms with E-state index in [2.05, 4.69) is 21.2 Å². The molecule has 0 saturated heterocycles. The number of amides is 1. The molecule has 17 heavy (non-hydrogen) atoms. The molecule has 0 heterocycles. The van der Waals surface area contributed by atoms with Crippen LogP contribution in [0.2, 0.25) is 0 Å². The Bertz CT molecular complexity index is 389. The van der Waals surface area contributed by atoms with Crippen LogP contribution in [0, 0.1) is 0 Å². The minimum absolute atomic E-state index is 0.0891. The average molecular weight is 298 g/mol. The molecule has 1 aliphatic carbocycles. The fourth-order valence-electron chi connectivity index (χ4n) is 2.04. The lowest BCUT2D eigenvalue weighted by Gasteiger charge is -2.22. The summed E-state index contributed by atoms with van der Waals surface area (Å²) in [5.74, 6) is 0. The first-order valence-electron chi connectivity index (χ1n) is 5.98. The maximum absolute atomic E-state index is 11.7. The highest BCUT2D eigenvalue weighted by Crippen LogP contribution is 2.23. The van der Waals surface area contributed by atoms with Gasteiger partial charge in [-0.05, 0) is 53.7 Å². The number of halogens is 1. The quantitative estimate of drug-likeness (QED) is 0.882. The predicted molar refractivity (Wildman–Crippen MR) is 71.1 cm³/mol. The Hall–Kier alpha value is -1.03. The van der Waals surface area contributed by atoms with E-state index in [1.807, 2.05) is 24.3 Å². The third kappa shape index (κ3) is 3.73. The summed E-state index contributed by atoms with van der Waals surface area (Å²) in [6, 6.07) is 7.51. The van der Waals surface area contributed by atoms with Crippen molar-refractivity contribution in [3.05, 3.63) is 28.7 Å². The second-order valence-electron chi connectivity index (χ2n) is 4.27. The number of hydrogen-bond acceptors (Lipinski definition) is 2. The lowest BCUT2D eigenvalue weighted by atomic mass is 9.98. The van der Waals surface area contributed by atoms with Crippen molar-refractivity contribution in [1.82, 2.24) is 0 Å². The van der Waals surface area contributed by atoms with Gasteiger partial charge < -0.3 is 4.74 Å². The molecule has 0 spiro atoms. The highest BCUT2D eigenvalue weighted by molar-refractivity contribution is 9.10. The van der Waals surface area contributed by atoms with Gasteiger partial charge in [0.15, 0.2) is 0 Å². The Morgan fingerprint density at radius 1 is 1.24 bits per heavy atom. The van der Waals surface area contributed by atoms with Crippen LogP contribution in [-0.2, 0) is 4.74 Å². The third-order valence-corrected chi connectivity index (χ3v) is 3.63. The van der Waals surface area contributed by atoms with Gasteiger partial charge in [-0.25, -0.2) is 4.79 Å². The van der Waals surface area contributed by atoms with Crippen molar-refractivity contribution in [2.45, 2.75) is 38.2 Å². The van der Waals surface area contributed by atoms with Gasteiger partial charge in [-0.2, -0.15) is 0 Å². The molecule has 92 valence electrons. The summed E-state index contributed by atoms with van der Waals surface area (Å²) in [6.45, 7) is 0. The van der Waals surface area contributed by atoms with Gasteiger partial charge in [0.2, 0.25) is 0 Å². The predicted octanol–water partition coefficient (Wildman–Crippen LogP) is 4.33. The summed E-state index contributed by atoms with van der Waals surface area (Å²) >= 11 is 3.38. The van der Waals surface area contributed by atoms with Crippen LogP contribution in [0.5, 0.6) is 0 Å². The number of carbonyl (C=O) groups excluding carboxylic acids is 1. The summed E-state index contributed by atoms with van der Waals surface area (Å²) in [4.78, 5) is 11.7. The Labute approximate surface area is 110 Å². The molecule has 0 radical (unpaired) electrons. The SMILES string of the molecule is O=C(Nc1ccccc1Br)OC1CCCCC1. The van der Waals surface area contributed by atoms with Gasteiger partial charge in [-0.3, -0.25) is 5.32 Å². The van der Waals surface area contributed by atoms with Gasteiger partial charge in [0.1, 0.15) is 6.10 Å². The molecule has 1 aliphatic rings. The molecule has 0 aliphatic heterocycles. The van der Waals surface area contributed by atoms with Crippen LogP contribution in [0.15, 0.2) is 28.7 Å². The molecule has 1 N–H and O–H groups in total. The van der Waals surface area contributed by atoms with E-state index in [1.54, 1.807) is 0 Å². The third-order valence-electron chi connectivity index (χ3n) is 2.94. The minimum atomic E-state index is -0.358. The number of benzene rings is 1. The molecule has 1 aromatic rings. The van der Waals surface area contributed by atoms with Gasteiger partial charge in [-0.15, -0.1) is 0 Å². The molecule has 1 amide bonds. The Morgan fingerprint density at radius 3 is 2.65 bits per heavy atom. The van der Waals surface area contributed by atoms with E-state index < -0.39 is 0 Å². The van der Waals surface area contributed by atoms with Gasteiger partial charge in [0.05, 0.1) is 5.69 Å². The molecule has 1 fully saturated rings. The molecular formula is C13H16BrNO2. The first-order valence-corrected chi connectivity index (χ1v) is 6.77. The molecule has 0 atom stereocenters. The minimum Gasteiger partial charge on any atom is -0.446 e. The summed E-state index contributed by atoms with van der Waals surface area (Å²) < 4.78 is 6.24. The lowest BCUT2D eigenvalue weighted by Crippen LogP contribution is -2.24. The van der Waals surface area contributed by atoms with Crippen LogP contribution in [0.3, 0.4) is 0 Å². The maximum atomic E-state index is 11.7.